The third-order valence-electron chi connectivity index (χ3n) is 1.25. The van der Waals surface area contributed by atoms with Gasteiger partial charge in [-0.1, -0.05) is 6.58 Å². The third kappa shape index (κ3) is 2.54. The molecule has 0 unspecified atom stereocenters. The van der Waals surface area contributed by atoms with Gasteiger partial charge in [0.15, 0.2) is 7.65 Å². The molecule has 0 saturated heterocycles. The molecule has 0 aliphatic carbocycles. The lowest BCUT2D eigenvalue weighted by molar-refractivity contribution is -0.556. The molecule has 0 atom stereocenters. The molecule has 0 bridgehead atoms. The smallest absolute Gasteiger partial charge is 0.348 e. The van der Waals surface area contributed by atoms with Crippen molar-refractivity contribution in [3.05, 3.63) is 38.5 Å². The Morgan fingerprint density at radius 1 is 1.36 bits per heavy atom. The molecule has 1 nitrogen and oxygen atoms in total. The minimum atomic E-state index is 0.0202. The second-order valence-electron chi connectivity index (χ2n) is 1.92. The van der Waals surface area contributed by atoms with E-state index in [1.54, 1.807) is 7.11 Å². The summed E-state index contributed by atoms with van der Waals surface area (Å²) in [6.07, 6.45) is 0. The van der Waals surface area contributed by atoms with Crippen molar-refractivity contribution in [3.8, 4) is 5.75 Å². The van der Waals surface area contributed by atoms with E-state index < -0.39 is 0 Å². The van der Waals surface area contributed by atoms with Crippen LogP contribution >= 0.6 is 0 Å². The van der Waals surface area contributed by atoms with E-state index >= 15 is 0 Å². The molecule has 1 rings (SSSR count). The standard InChI is InChI=1S/C9H10IO/c1-3-10-8-4-6-9(11-2)7-5-8/h3-7H,1H2,2H3/q+1. The summed E-state index contributed by atoms with van der Waals surface area (Å²) in [4.78, 5) is 0. The topological polar surface area (TPSA) is 9.23 Å². The molecule has 0 fully saturated rings. The van der Waals surface area contributed by atoms with Crippen molar-refractivity contribution in [2.45, 2.75) is 0 Å². The summed E-state index contributed by atoms with van der Waals surface area (Å²) in [6, 6.07) is 8.15. The third-order valence-corrected chi connectivity index (χ3v) is 3.13. The van der Waals surface area contributed by atoms with Crippen LogP contribution in [0.15, 0.2) is 34.9 Å². The summed E-state index contributed by atoms with van der Waals surface area (Å²) >= 11 is 0.0202. The lowest BCUT2D eigenvalue weighted by Crippen LogP contribution is -3.58. The maximum atomic E-state index is 5.03. The molecule has 0 aliphatic rings. The lowest BCUT2D eigenvalue weighted by Gasteiger charge is -1.94. The van der Waals surface area contributed by atoms with Crippen LogP contribution < -0.4 is 25.9 Å². The molecule has 0 N–H and O–H groups in total. The van der Waals surface area contributed by atoms with E-state index in [2.05, 4.69) is 18.7 Å². The predicted molar refractivity (Wildman–Crippen MR) is 41.9 cm³/mol. The van der Waals surface area contributed by atoms with Crippen LogP contribution in [0, 0.1) is 3.57 Å². The van der Waals surface area contributed by atoms with Gasteiger partial charge in [-0.2, -0.15) is 0 Å². The number of methoxy groups -OCH3 is 1. The fourth-order valence-electron chi connectivity index (χ4n) is 0.733. The van der Waals surface area contributed by atoms with Gasteiger partial charge in [-0.15, -0.1) is 0 Å². The first-order valence-corrected chi connectivity index (χ1v) is 5.57. The highest BCUT2D eigenvalue weighted by Crippen LogP contribution is 2.05. The Hall–Kier alpha value is -0.510. The first kappa shape index (κ1) is 8.59. The van der Waals surface area contributed by atoms with Crippen molar-refractivity contribution < 1.29 is 25.9 Å². The summed E-state index contributed by atoms with van der Waals surface area (Å²) in [5.41, 5.74) is 0. The van der Waals surface area contributed by atoms with Gasteiger partial charge in [0.2, 0.25) is 0 Å². The van der Waals surface area contributed by atoms with Crippen molar-refractivity contribution in [2.24, 2.45) is 0 Å². The molecular formula is C9H10IO+. The minimum absolute atomic E-state index is 0.0202. The summed E-state index contributed by atoms with van der Waals surface area (Å²) in [5, 5.41) is 0. The maximum absolute atomic E-state index is 5.03. The molecule has 2 heteroatoms. The second kappa shape index (κ2) is 4.38. The van der Waals surface area contributed by atoms with Gasteiger partial charge in [-0.25, -0.2) is 0 Å². The zero-order valence-corrected chi connectivity index (χ0v) is 8.54. The molecule has 11 heavy (non-hydrogen) atoms. The van der Waals surface area contributed by atoms with Gasteiger partial charge in [0.25, 0.3) is 0 Å². The summed E-state index contributed by atoms with van der Waals surface area (Å²) in [6.45, 7) is 3.72. The molecule has 1 aromatic carbocycles. The molecule has 0 spiro atoms. The number of ether oxygens (including phenoxy) is 1. The fraction of sp³-hybridized carbons (Fsp3) is 0.111. The van der Waals surface area contributed by atoms with Gasteiger partial charge in [0.1, 0.15) is 5.75 Å². The van der Waals surface area contributed by atoms with Crippen LogP contribution in [0.4, 0.5) is 0 Å². The van der Waals surface area contributed by atoms with E-state index in [0.717, 1.165) is 5.75 Å². The highest BCUT2D eigenvalue weighted by Gasteiger charge is 2.04. The molecule has 0 aromatic heterocycles. The van der Waals surface area contributed by atoms with Gasteiger partial charge in [-0.3, -0.25) is 0 Å². The van der Waals surface area contributed by atoms with Crippen LogP contribution in [0.2, 0.25) is 0 Å². The van der Waals surface area contributed by atoms with E-state index in [0.29, 0.717) is 0 Å². The Bertz CT molecular complexity index is 228. The van der Waals surface area contributed by atoms with E-state index in [-0.39, 0.29) is 21.2 Å². The van der Waals surface area contributed by atoms with Crippen LogP contribution in [-0.4, -0.2) is 7.11 Å². The van der Waals surface area contributed by atoms with Gasteiger partial charge in [-0.05, 0) is 24.3 Å². The minimum Gasteiger partial charge on any atom is -0.497 e. The zero-order chi connectivity index (χ0) is 8.10. The average Bonchev–Trinajstić information content (AvgIpc) is 2.07. The molecule has 0 heterocycles. The quantitative estimate of drug-likeness (QED) is 0.641. The summed E-state index contributed by atoms with van der Waals surface area (Å²) < 4.78 is 8.41. The van der Waals surface area contributed by atoms with E-state index in [4.69, 9.17) is 4.74 Å². The zero-order valence-electron chi connectivity index (χ0n) is 6.38. The largest absolute Gasteiger partial charge is 0.497 e. The average molecular weight is 261 g/mol. The molecule has 0 amide bonds. The number of halogens is 1. The number of rotatable bonds is 3. The van der Waals surface area contributed by atoms with Crippen molar-refractivity contribution in [3.63, 3.8) is 0 Å². The van der Waals surface area contributed by atoms with Crippen molar-refractivity contribution in [1.29, 1.82) is 0 Å². The van der Waals surface area contributed by atoms with Crippen LogP contribution in [0.1, 0.15) is 0 Å². The highest BCUT2D eigenvalue weighted by molar-refractivity contribution is 5.20. The van der Waals surface area contributed by atoms with Gasteiger partial charge < -0.3 is 4.74 Å². The molecule has 58 valence electrons. The van der Waals surface area contributed by atoms with E-state index in [1.807, 2.05) is 16.2 Å². The van der Waals surface area contributed by atoms with Gasteiger partial charge in [0, 0.05) is 0 Å². The van der Waals surface area contributed by atoms with Crippen molar-refractivity contribution in [1.82, 2.24) is 0 Å². The lowest BCUT2D eigenvalue weighted by atomic mass is 10.3. The SMILES string of the molecule is C=C[I+]c1ccc(OC)cc1. The van der Waals surface area contributed by atoms with Gasteiger partial charge in [0.05, 0.1) is 7.11 Å². The first-order chi connectivity index (χ1) is 5.36. The number of hydrogen-bond donors (Lipinski definition) is 0. The normalized spacial score (nSPS) is 9.18. The first-order valence-electron chi connectivity index (χ1n) is 3.25. The van der Waals surface area contributed by atoms with Crippen LogP contribution in [0.3, 0.4) is 0 Å². The van der Waals surface area contributed by atoms with Crippen LogP contribution in [0.5, 0.6) is 5.75 Å². The Morgan fingerprint density at radius 2 is 2.00 bits per heavy atom. The van der Waals surface area contributed by atoms with Crippen LogP contribution in [0.25, 0.3) is 0 Å². The molecule has 0 radical (unpaired) electrons. The Balaban J connectivity index is 2.74. The number of benzene rings is 1. The Labute approximate surface area is 77.3 Å². The van der Waals surface area contributed by atoms with E-state index in [1.165, 1.54) is 3.57 Å². The summed E-state index contributed by atoms with van der Waals surface area (Å²) in [5.74, 6) is 0.918. The van der Waals surface area contributed by atoms with Crippen LogP contribution in [-0.2, 0) is 0 Å². The monoisotopic (exact) mass is 261 g/mol. The number of hydrogen-bond acceptors (Lipinski definition) is 1. The molecule has 1 aromatic rings. The van der Waals surface area contributed by atoms with Crippen molar-refractivity contribution >= 4 is 0 Å². The highest BCUT2D eigenvalue weighted by atomic mass is 127. The predicted octanol–water partition coefficient (Wildman–Crippen LogP) is -0.903. The van der Waals surface area contributed by atoms with E-state index in [9.17, 15) is 0 Å². The maximum Gasteiger partial charge on any atom is 0.348 e. The molecule has 0 aliphatic heterocycles. The molecular weight excluding hydrogens is 251 g/mol. The molecule has 0 saturated carbocycles. The Morgan fingerprint density at radius 3 is 2.45 bits per heavy atom. The fourth-order valence-corrected chi connectivity index (χ4v) is 2.02. The second-order valence-corrected chi connectivity index (χ2v) is 4.67. The Kier molecular flexibility index (Phi) is 3.42. The van der Waals surface area contributed by atoms with Crippen molar-refractivity contribution in [2.75, 3.05) is 7.11 Å². The summed E-state index contributed by atoms with van der Waals surface area (Å²) in [7, 11) is 1.68. The van der Waals surface area contributed by atoms with Gasteiger partial charge >= 0.3 is 21.2 Å².